The van der Waals surface area contributed by atoms with Gasteiger partial charge in [-0.15, -0.1) is 0 Å². The van der Waals surface area contributed by atoms with Gasteiger partial charge in [-0.3, -0.25) is 4.79 Å². The van der Waals surface area contributed by atoms with Gasteiger partial charge in [-0.25, -0.2) is 9.82 Å². The molecule has 0 aliphatic carbocycles. The normalized spacial score (nSPS) is 11.4. The molecular weight excluding hydrogens is 295 g/mol. The van der Waals surface area contributed by atoms with Crippen LogP contribution in [0.3, 0.4) is 0 Å². The Morgan fingerprint density at radius 3 is 2.61 bits per heavy atom. The van der Waals surface area contributed by atoms with Crippen molar-refractivity contribution in [1.29, 1.82) is 0 Å². The lowest BCUT2D eigenvalue weighted by Crippen LogP contribution is -2.20. The fraction of sp³-hybridized carbons (Fsp3) is 0.222. The first kappa shape index (κ1) is 16.7. The topological polar surface area (TPSA) is 50.7 Å². The largest absolute Gasteiger partial charge is 0.491 e. The number of carbonyl (C=O) groups excluding carboxylic acids is 1. The third-order valence-electron chi connectivity index (χ3n) is 3.07. The first-order valence-corrected chi connectivity index (χ1v) is 7.33. The lowest BCUT2D eigenvalue weighted by molar-refractivity contribution is 0.0951. The highest BCUT2D eigenvalue weighted by Crippen LogP contribution is 2.15. The van der Waals surface area contributed by atoms with E-state index in [1.807, 2.05) is 38.1 Å². The van der Waals surface area contributed by atoms with Crippen LogP contribution in [0.2, 0.25) is 0 Å². The van der Waals surface area contributed by atoms with Gasteiger partial charge in [0, 0.05) is 5.56 Å². The van der Waals surface area contributed by atoms with E-state index in [9.17, 15) is 9.18 Å². The maximum absolute atomic E-state index is 13.5. The van der Waals surface area contributed by atoms with Crippen molar-refractivity contribution in [2.75, 3.05) is 0 Å². The van der Waals surface area contributed by atoms with E-state index in [0.29, 0.717) is 5.71 Å². The predicted molar refractivity (Wildman–Crippen MR) is 88.3 cm³/mol. The Morgan fingerprint density at radius 2 is 1.91 bits per heavy atom. The summed E-state index contributed by atoms with van der Waals surface area (Å²) in [6, 6.07) is 13.2. The van der Waals surface area contributed by atoms with Crippen LogP contribution in [0.5, 0.6) is 5.75 Å². The number of nitrogens with zero attached hydrogens (tertiary/aromatic N) is 1. The summed E-state index contributed by atoms with van der Waals surface area (Å²) >= 11 is 0. The molecule has 0 aliphatic rings. The molecule has 0 fully saturated rings. The average molecular weight is 314 g/mol. The number of hydrogen-bond acceptors (Lipinski definition) is 3. The molecule has 0 aliphatic heterocycles. The van der Waals surface area contributed by atoms with Gasteiger partial charge in [-0.2, -0.15) is 5.10 Å². The minimum Gasteiger partial charge on any atom is -0.491 e. The van der Waals surface area contributed by atoms with E-state index < -0.39 is 11.7 Å². The molecule has 1 N–H and O–H groups in total. The fourth-order valence-corrected chi connectivity index (χ4v) is 1.97. The smallest absolute Gasteiger partial charge is 0.274 e. The van der Waals surface area contributed by atoms with Gasteiger partial charge in [0.25, 0.3) is 5.91 Å². The van der Waals surface area contributed by atoms with Crippen LogP contribution >= 0.6 is 0 Å². The van der Waals surface area contributed by atoms with E-state index in [-0.39, 0.29) is 11.7 Å². The second-order valence-corrected chi connectivity index (χ2v) is 5.31. The zero-order valence-electron chi connectivity index (χ0n) is 13.3. The molecule has 0 bridgehead atoms. The molecule has 0 atom stereocenters. The molecule has 0 aromatic heterocycles. The fourth-order valence-electron chi connectivity index (χ4n) is 1.97. The number of benzene rings is 2. The molecule has 0 heterocycles. The second kappa shape index (κ2) is 7.54. The van der Waals surface area contributed by atoms with Crippen molar-refractivity contribution in [3.05, 3.63) is 65.5 Å². The minimum absolute atomic E-state index is 0.0408. The summed E-state index contributed by atoms with van der Waals surface area (Å²) < 4.78 is 19.2. The molecule has 2 aromatic carbocycles. The molecule has 0 radical (unpaired) electrons. The summed E-state index contributed by atoms with van der Waals surface area (Å²) in [7, 11) is 0. The lowest BCUT2D eigenvalue weighted by atomic mass is 10.1. The minimum atomic E-state index is -0.586. The summed E-state index contributed by atoms with van der Waals surface area (Å²) in [5.74, 6) is -0.435. The summed E-state index contributed by atoms with van der Waals surface area (Å²) in [4.78, 5) is 11.9. The zero-order chi connectivity index (χ0) is 16.8. The third kappa shape index (κ3) is 4.64. The molecule has 23 heavy (non-hydrogen) atoms. The Morgan fingerprint density at radius 1 is 1.17 bits per heavy atom. The first-order chi connectivity index (χ1) is 11.0. The van der Waals surface area contributed by atoms with Crippen LogP contribution in [0.1, 0.15) is 36.7 Å². The van der Waals surface area contributed by atoms with Crippen molar-refractivity contribution in [3.63, 3.8) is 0 Å². The number of hydrogen-bond donors (Lipinski definition) is 1. The molecule has 1 amide bonds. The van der Waals surface area contributed by atoms with Gasteiger partial charge in [0.1, 0.15) is 11.6 Å². The van der Waals surface area contributed by atoms with E-state index in [4.69, 9.17) is 4.74 Å². The van der Waals surface area contributed by atoms with Crippen molar-refractivity contribution in [2.45, 2.75) is 26.9 Å². The number of amides is 1. The average Bonchev–Trinajstić information content (AvgIpc) is 2.52. The first-order valence-electron chi connectivity index (χ1n) is 7.33. The Kier molecular flexibility index (Phi) is 5.46. The highest BCUT2D eigenvalue weighted by molar-refractivity contribution is 6.01. The molecule has 0 saturated carbocycles. The van der Waals surface area contributed by atoms with E-state index in [2.05, 4.69) is 10.5 Å². The molecule has 4 nitrogen and oxygen atoms in total. The summed E-state index contributed by atoms with van der Waals surface area (Å²) in [6.45, 7) is 5.65. The number of ether oxygens (including phenoxy) is 1. The Labute approximate surface area is 135 Å². The van der Waals surface area contributed by atoms with Crippen LogP contribution in [0.4, 0.5) is 4.39 Å². The second-order valence-electron chi connectivity index (χ2n) is 5.31. The summed E-state index contributed by atoms with van der Waals surface area (Å²) in [6.07, 6.45) is 0.0725. The Hall–Kier alpha value is -2.69. The highest BCUT2D eigenvalue weighted by atomic mass is 19.1. The van der Waals surface area contributed by atoms with E-state index in [1.165, 1.54) is 18.2 Å². The number of hydrazone groups is 1. The predicted octanol–water partition coefficient (Wildman–Crippen LogP) is 3.77. The number of carbonyl (C=O) groups is 1. The van der Waals surface area contributed by atoms with Crippen LogP contribution in [0.15, 0.2) is 53.6 Å². The molecule has 120 valence electrons. The van der Waals surface area contributed by atoms with E-state index in [1.54, 1.807) is 13.0 Å². The standard InChI is InChI=1S/C18H19FN2O2/c1-12(2)23-15-8-6-7-14(11-15)13(3)20-21-18(22)16-9-4-5-10-17(16)19/h4-12H,1-3H3,(H,21,22)/b20-13-. The van der Waals surface area contributed by atoms with Crippen LogP contribution in [0.25, 0.3) is 0 Å². The highest BCUT2D eigenvalue weighted by Gasteiger charge is 2.10. The van der Waals surface area contributed by atoms with Gasteiger partial charge < -0.3 is 4.74 Å². The van der Waals surface area contributed by atoms with Crippen LogP contribution in [-0.2, 0) is 0 Å². The third-order valence-corrected chi connectivity index (χ3v) is 3.07. The number of rotatable bonds is 5. The quantitative estimate of drug-likeness (QED) is 0.674. The monoisotopic (exact) mass is 314 g/mol. The summed E-state index contributed by atoms with van der Waals surface area (Å²) in [5.41, 5.74) is 3.74. The Bertz CT molecular complexity index is 726. The van der Waals surface area contributed by atoms with E-state index >= 15 is 0 Å². The maximum atomic E-state index is 13.5. The van der Waals surface area contributed by atoms with Gasteiger partial charge in [0.15, 0.2) is 0 Å². The molecule has 0 unspecified atom stereocenters. The van der Waals surface area contributed by atoms with Crippen molar-refractivity contribution in [3.8, 4) is 5.75 Å². The SMILES string of the molecule is C/C(=N/NC(=O)c1ccccc1F)c1cccc(OC(C)C)c1. The molecule has 0 saturated heterocycles. The van der Waals surface area contributed by atoms with Crippen LogP contribution in [0, 0.1) is 5.82 Å². The maximum Gasteiger partial charge on any atom is 0.274 e. The van der Waals surface area contributed by atoms with Crippen molar-refractivity contribution in [2.24, 2.45) is 5.10 Å². The van der Waals surface area contributed by atoms with Gasteiger partial charge in [-0.1, -0.05) is 24.3 Å². The molecule has 5 heteroatoms. The molecular formula is C18H19FN2O2. The van der Waals surface area contributed by atoms with Crippen molar-refractivity contribution >= 4 is 11.6 Å². The molecule has 2 aromatic rings. The lowest BCUT2D eigenvalue weighted by Gasteiger charge is -2.11. The van der Waals surface area contributed by atoms with Crippen molar-refractivity contribution in [1.82, 2.24) is 5.43 Å². The van der Waals surface area contributed by atoms with Gasteiger partial charge >= 0.3 is 0 Å². The van der Waals surface area contributed by atoms with Gasteiger partial charge in [0.2, 0.25) is 0 Å². The van der Waals surface area contributed by atoms with E-state index in [0.717, 1.165) is 11.3 Å². The number of nitrogens with one attached hydrogen (secondary N) is 1. The van der Waals surface area contributed by atoms with Crippen LogP contribution in [-0.4, -0.2) is 17.7 Å². The van der Waals surface area contributed by atoms with Gasteiger partial charge in [0.05, 0.1) is 17.4 Å². The molecule has 2 rings (SSSR count). The Balaban J connectivity index is 2.11. The number of halogens is 1. The zero-order valence-corrected chi connectivity index (χ0v) is 13.3. The van der Waals surface area contributed by atoms with Gasteiger partial charge in [-0.05, 0) is 45.0 Å². The van der Waals surface area contributed by atoms with Crippen molar-refractivity contribution < 1.29 is 13.9 Å². The van der Waals surface area contributed by atoms with Crippen LogP contribution < -0.4 is 10.2 Å². The molecule has 0 spiro atoms. The summed E-state index contributed by atoms with van der Waals surface area (Å²) in [5, 5.41) is 4.03.